The predicted molar refractivity (Wildman–Crippen MR) is 99.6 cm³/mol. The van der Waals surface area contributed by atoms with E-state index in [9.17, 15) is 0 Å². The first-order valence-corrected chi connectivity index (χ1v) is 9.06. The highest BCUT2D eigenvalue weighted by Gasteiger charge is 2.31. The molecule has 0 aliphatic carbocycles. The predicted octanol–water partition coefficient (Wildman–Crippen LogP) is 2.56. The number of anilines is 1. The molecule has 0 radical (unpaired) electrons. The Kier molecular flexibility index (Phi) is 4.88. The summed E-state index contributed by atoms with van der Waals surface area (Å²) < 4.78 is 0. The summed E-state index contributed by atoms with van der Waals surface area (Å²) >= 11 is 0. The number of aromatic amines is 1. The summed E-state index contributed by atoms with van der Waals surface area (Å²) in [6, 6.07) is 4.19. The molecule has 1 aliphatic rings. The normalized spacial score (nSPS) is 17.0. The Bertz CT molecular complexity index is 829. The molecular formula is C19H23N7. The van der Waals surface area contributed by atoms with Crippen molar-refractivity contribution in [2.45, 2.75) is 32.4 Å². The van der Waals surface area contributed by atoms with Gasteiger partial charge in [-0.25, -0.2) is 15.0 Å². The standard InChI is InChI=1S/C19H23N7/c1-2-6-21-19-22-9-14(10-23-19)12-26-8-5-16-17(25-13-24-16)18(26)15-4-3-7-20-11-15/h3-4,7,9-11,13,18H,2,5-6,8,12H2,1H3,(H,24,25)(H,21,22,23)/t18-/m1/s1. The summed E-state index contributed by atoms with van der Waals surface area (Å²) in [6.07, 6.45) is 11.3. The molecule has 0 saturated heterocycles. The topological polar surface area (TPSA) is 82.6 Å². The largest absolute Gasteiger partial charge is 0.354 e. The van der Waals surface area contributed by atoms with Crippen LogP contribution in [-0.4, -0.2) is 42.9 Å². The van der Waals surface area contributed by atoms with Gasteiger partial charge in [-0.15, -0.1) is 0 Å². The molecule has 7 nitrogen and oxygen atoms in total. The molecule has 1 atom stereocenters. The lowest BCUT2D eigenvalue weighted by Gasteiger charge is -2.35. The van der Waals surface area contributed by atoms with E-state index in [0.29, 0.717) is 5.95 Å². The second kappa shape index (κ2) is 7.61. The summed E-state index contributed by atoms with van der Waals surface area (Å²) in [6.45, 7) is 4.74. The average Bonchev–Trinajstić information content (AvgIpc) is 3.17. The van der Waals surface area contributed by atoms with Crippen LogP contribution in [-0.2, 0) is 13.0 Å². The lowest BCUT2D eigenvalue weighted by Crippen LogP contribution is -2.36. The van der Waals surface area contributed by atoms with E-state index in [1.54, 1.807) is 12.5 Å². The van der Waals surface area contributed by atoms with E-state index in [1.165, 1.54) is 5.69 Å². The first-order valence-electron chi connectivity index (χ1n) is 9.06. The Morgan fingerprint density at radius 3 is 2.88 bits per heavy atom. The molecule has 0 aromatic carbocycles. The van der Waals surface area contributed by atoms with E-state index >= 15 is 0 Å². The third-order valence-electron chi connectivity index (χ3n) is 4.65. The third kappa shape index (κ3) is 3.43. The van der Waals surface area contributed by atoms with Gasteiger partial charge in [0.15, 0.2) is 0 Å². The van der Waals surface area contributed by atoms with Gasteiger partial charge in [-0.05, 0) is 18.1 Å². The second-order valence-electron chi connectivity index (χ2n) is 6.52. The zero-order valence-corrected chi connectivity index (χ0v) is 14.9. The van der Waals surface area contributed by atoms with Crippen LogP contribution >= 0.6 is 0 Å². The van der Waals surface area contributed by atoms with Gasteiger partial charge in [0.1, 0.15) is 0 Å². The van der Waals surface area contributed by atoms with Crippen LogP contribution in [0.3, 0.4) is 0 Å². The molecule has 3 aromatic heterocycles. The minimum absolute atomic E-state index is 0.0941. The van der Waals surface area contributed by atoms with Crippen molar-refractivity contribution < 1.29 is 0 Å². The van der Waals surface area contributed by atoms with E-state index in [1.807, 2.05) is 24.7 Å². The van der Waals surface area contributed by atoms with E-state index in [4.69, 9.17) is 0 Å². The van der Waals surface area contributed by atoms with Gasteiger partial charge in [0.05, 0.1) is 18.1 Å². The van der Waals surface area contributed by atoms with Crippen LogP contribution in [0.15, 0.2) is 43.2 Å². The molecule has 0 fully saturated rings. The number of nitrogens with one attached hydrogen (secondary N) is 2. The van der Waals surface area contributed by atoms with Gasteiger partial charge >= 0.3 is 0 Å². The number of imidazole rings is 1. The van der Waals surface area contributed by atoms with Gasteiger partial charge in [-0.2, -0.15) is 0 Å². The summed E-state index contributed by atoms with van der Waals surface area (Å²) in [4.78, 5) is 23.4. The number of rotatable bonds is 6. The number of nitrogens with zero attached hydrogens (tertiary/aromatic N) is 5. The van der Waals surface area contributed by atoms with Crippen molar-refractivity contribution in [2.75, 3.05) is 18.4 Å². The maximum absolute atomic E-state index is 4.59. The van der Waals surface area contributed by atoms with E-state index in [-0.39, 0.29) is 6.04 Å². The molecule has 0 spiro atoms. The smallest absolute Gasteiger partial charge is 0.222 e. The molecule has 3 aromatic rings. The van der Waals surface area contributed by atoms with Gasteiger partial charge in [0, 0.05) is 62.1 Å². The first-order chi connectivity index (χ1) is 12.8. The van der Waals surface area contributed by atoms with Crippen LogP contribution in [0, 0.1) is 0 Å². The van der Waals surface area contributed by atoms with Crippen molar-refractivity contribution in [3.05, 3.63) is 65.8 Å². The molecule has 134 valence electrons. The number of fused-ring (bicyclic) bond motifs is 1. The van der Waals surface area contributed by atoms with Gasteiger partial charge < -0.3 is 10.3 Å². The van der Waals surface area contributed by atoms with Crippen molar-refractivity contribution in [3.63, 3.8) is 0 Å². The minimum Gasteiger partial charge on any atom is -0.354 e. The van der Waals surface area contributed by atoms with Crippen LogP contribution in [0.1, 0.15) is 41.9 Å². The minimum atomic E-state index is 0.0941. The third-order valence-corrected chi connectivity index (χ3v) is 4.65. The quantitative estimate of drug-likeness (QED) is 0.712. The summed E-state index contributed by atoms with van der Waals surface area (Å²) in [7, 11) is 0. The summed E-state index contributed by atoms with van der Waals surface area (Å²) in [5.41, 5.74) is 4.56. The fourth-order valence-corrected chi connectivity index (χ4v) is 3.40. The van der Waals surface area contributed by atoms with Crippen LogP contribution in [0.5, 0.6) is 0 Å². The average molecular weight is 349 g/mol. The molecule has 4 heterocycles. The van der Waals surface area contributed by atoms with Crippen LogP contribution in [0.25, 0.3) is 0 Å². The molecule has 1 aliphatic heterocycles. The molecule has 26 heavy (non-hydrogen) atoms. The van der Waals surface area contributed by atoms with Crippen molar-refractivity contribution in [2.24, 2.45) is 0 Å². The van der Waals surface area contributed by atoms with Gasteiger partial charge in [-0.1, -0.05) is 13.0 Å². The Morgan fingerprint density at radius 1 is 1.23 bits per heavy atom. The van der Waals surface area contributed by atoms with Crippen LogP contribution in [0.4, 0.5) is 5.95 Å². The van der Waals surface area contributed by atoms with Crippen LogP contribution in [0.2, 0.25) is 0 Å². The number of H-pyrrole nitrogens is 1. The van der Waals surface area contributed by atoms with E-state index in [2.05, 4.69) is 48.1 Å². The maximum atomic E-state index is 4.59. The molecule has 0 unspecified atom stereocenters. The Labute approximate surface area is 152 Å². The van der Waals surface area contributed by atoms with Crippen molar-refractivity contribution >= 4 is 5.95 Å². The van der Waals surface area contributed by atoms with Crippen molar-refractivity contribution in [1.29, 1.82) is 0 Å². The Hall–Kier alpha value is -2.80. The number of hydrogen-bond acceptors (Lipinski definition) is 6. The second-order valence-corrected chi connectivity index (χ2v) is 6.52. The highest BCUT2D eigenvalue weighted by Crippen LogP contribution is 2.33. The van der Waals surface area contributed by atoms with Crippen molar-refractivity contribution in [3.8, 4) is 0 Å². The molecular weight excluding hydrogens is 326 g/mol. The van der Waals surface area contributed by atoms with E-state index in [0.717, 1.165) is 49.3 Å². The van der Waals surface area contributed by atoms with Crippen LogP contribution < -0.4 is 5.32 Å². The zero-order chi connectivity index (χ0) is 17.8. The SMILES string of the molecule is CCCNc1ncc(CN2CCc3[nH]cnc3[C@H]2c2cccnc2)cn1. The van der Waals surface area contributed by atoms with Gasteiger partial charge in [-0.3, -0.25) is 9.88 Å². The molecule has 7 heteroatoms. The Balaban J connectivity index is 1.57. The van der Waals surface area contributed by atoms with Crippen molar-refractivity contribution in [1.82, 2.24) is 29.8 Å². The van der Waals surface area contributed by atoms with E-state index < -0.39 is 0 Å². The monoisotopic (exact) mass is 349 g/mol. The molecule has 0 bridgehead atoms. The summed E-state index contributed by atoms with van der Waals surface area (Å²) in [5, 5.41) is 3.21. The molecule has 0 amide bonds. The molecule has 0 saturated carbocycles. The fraction of sp³-hybridized carbons (Fsp3) is 0.368. The van der Waals surface area contributed by atoms with Gasteiger partial charge in [0.25, 0.3) is 0 Å². The number of pyridine rings is 1. The lowest BCUT2D eigenvalue weighted by molar-refractivity contribution is 0.199. The highest BCUT2D eigenvalue weighted by molar-refractivity contribution is 5.31. The van der Waals surface area contributed by atoms with Gasteiger partial charge in [0.2, 0.25) is 5.95 Å². The zero-order valence-electron chi connectivity index (χ0n) is 14.9. The highest BCUT2D eigenvalue weighted by atomic mass is 15.2. The fourth-order valence-electron chi connectivity index (χ4n) is 3.40. The lowest BCUT2D eigenvalue weighted by atomic mass is 9.96. The first kappa shape index (κ1) is 16.7. The summed E-state index contributed by atoms with van der Waals surface area (Å²) in [5.74, 6) is 0.688. The number of aromatic nitrogens is 5. The molecule has 2 N–H and O–H groups in total. The number of hydrogen-bond donors (Lipinski definition) is 2. The Morgan fingerprint density at radius 2 is 2.12 bits per heavy atom. The maximum Gasteiger partial charge on any atom is 0.222 e. The molecule has 4 rings (SSSR count).